The summed E-state index contributed by atoms with van der Waals surface area (Å²) in [4.78, 5) is 6.23. The van der Waals surface area contributed by atoms with Crippen LogP contribution in [0.25, 0.3) is 0 Å². The Morgan fingerprint density at radius 3 is 2.04 bits per heavy atom. The number of nitrogens with zero attached hydrogens (tertiary/aromatic N) is 1. The predicted octanol–water partition coefficient (Wildman–Crippen LogP) is 0.682. The molecule has 4 rings (SSSR count). The standard InChI is InChI=1S/C23H31N3/c1-3-7-21(8-4-1)11-14-24-15-12-23(13-16-24)26-19-17-25(18-20-26)22-9-5-2-6-10-22/h1-10,23H,11-20H2/p+2. The number of nitrogens with one attached hydrogen (secondary N) is 2. The van der Waals surface area contributed by atoms with Gasteiger partial charge in [-0.2, -0.15) is 0 Å². The Kier molecular flexibility index (Phi) is 5.88. The van der Waals surface area contributed by atoms with E-state index in [0.717, 1.165) is 6.04 Å². The number of anilines is 1. The minimum Gasteiger partial charge on any atom is -0.360 e. The number of likely N-dealkylation sites (tertiary alicyclic amines) is 1. The van der Waals surface area contributed by atoms with Crippen LogP contribution in [0.5, 0.6) is 0 Å². The second-order valence-corrected chi connectivity index (χ2v) is 7.99. The third-order valence-corrected chi connectivity index (χ3v) is 6.41. The minimum absolute atomic E-state index is 0.897. The highest BCUT2D eigenvalue weighted by Gasteiger charge is 2.32. The van der Waals surface area contributed by atoms with Gasteiger partial charge in [0.1, 0.15) is 0 Å². The Bertz CT molecular complexity index is 642. The van der Waals surface area contributed by atoms with E-state index >= 15 is 0 Å². The zero-order chi connectivity index (χ0) is 17.6. The van der Waals surface area contributed by atoms with Gasteiger partial charge in [-0.1, -0.05) is 48.5 Å². The van der Waals surface area contributed by atoms with Crippen molar-refractivity contribution in [3.8, 4) is 0 Å². The van der Waals surface area contributed by atoms with Crippen LogP contribution in [0.15, 0.2) is 60.7 Å². The lowest BCUT2D eigenvalue weighted by Gasteiger charge is -2.39. The van der Waals surface area contributed by atoms with Crippen molar-refractivity contribution in [1.82, 2.24) is 0 Å². The highest BCUT2D eigenvalue weighted by Crippen LogP contribution is 2.12. The first-order valence-electron chi connectivity index (χ1n) is 10.4. The monoisotopic (exact) mass is 351 g/mol. The van der Waals surface area contributed by atoms with Crippen molar-refractivity contribution in [1.29, 1.82) is 0 Å². The van der Waals surface area contributed by atoms with Crippen LogP contribution in [-0.2, 0) is 6.42 Å². The normalized spacial score (nSPS) is 24.5. The largest absolute Gasteiger partial charge is 0.360 e. The first-order valence-corrected chi connectivity index (χ1v) is 10.4. The average molecular weight is 352 g/mol. The summed E-state index contributed by atoms with van der Waals surface area (Å²) in [5.41, 5.74) is 2.89. The van der Waals surface area contributed by atoms with E-state index in [-0.39, 0.29) is 0 Å². The molecule has 0 saturated carbocycles. The number of hydrogen-bond acceptors (Lipinski definition) is 1. The molecule has 0 spiro atoms. The van der Waals surface area contributed by atoms with Crippen molar-refractivity contribution in [3.63, 3.8) is 0 Å². The molecule has 0 atom stereocenters. The highest BCUT2D eigenvalue weighted by atomic mass is 15.3. The first kappa shape index (κ1) is 17.6. The van der Waals surface area contributed by atoms with Crippen molar-refractivity contribution in [2.75, 3.05) is 50.7 Å². The summed E-state index contributed by atoms with van der Waals surface area (Å²) in [6, 6.07) is 22.8. The van der Waals surface area contributed by atoms with E-state index in [2.05, 4.69) is 65.6 Å². The third-order valence-electron chi connectivity index (χ3n) is 6.41. The molecule has 2 aliphatic rings. The van der Waals surface area contributed by atoms with Gasteiger partial charge in [0.25, 0.3) is 0 Å². The van der Waals surface area contributed by atoms with Gasteiger partial charge in [-0.05, 0) is 17.7 Å². The molecule has 0 bridgehead atoms. The molecule has 2 aliphatic heterocycles. The van der Waals surface area contributed by atoms with E-state index in [0.29, 0.717) is 0 Å². The summed E-state index contributed by atoms with van der Waals surface area (Å²) in [6.45, 7) is 9.05. The van der Waals surface area contributed by atoms with Crippen LogP contribution in [0.3, 0.4) is 0 Å². The van der Waals surface area contributed by atoms with Crippen LogP contribution in [0.2, 0.25) is 0 Å². The van der Waals surface area contributed by atoms with Gasteiger partial charge in [0, 0.05) is 24.9 Å². The molecule has 0 aliphatic carbocycles. The Morgan fingerprint density at radius 1 is 0.769 bits per heavy atom. The number of piperazine rings is 1. The van der Waals surface area contributed by atoms with Crippen molar-refractivity contribution in [3.05, 3.63) is 66.2 Å². The van der Waals surface area contributed by atoms with E-state index < -0.39 is 0 Å². The van der Waals surface area contributed by atoms with E-state index in [1.165, 1.54) is 76.3 Å². The number of piperidine rings is 1. The lowest BCUT2D eigenvalue weighted by Crippen LogP contribution is -3.22. The molecular weight excluding hydrogens is 318 g/mol. The summed E-state index contributed by atoms with van der Waals surface area (Å²) in [5, 5.41) is 0. The zero-order valence-corrected chi connectivity index (χ0v) is 15.9. The smallest absolute Gasteiger partial charge is 0.0984 e. The summed E-state index contributed by atoms with van der Waals surface area (Å²) in [5.74, 6) is 0. The third kappa shape index (κ3) is 4.46. The molecule has 2 heterocycles. The second kappa shape index (κ2) is 8.70. The van der Waals surface area contributed by atoms with Crippen molar-refractivity contribution < 1.29 is 9.80 Å². The molecule has 0 radical (unpaired) electrons. The molecule has 2 fully saturated rings. The maximum absolute atomic E-state index is 2.56. The van der Waals surface area contributed by atoms with E-state index in [1.54, 1.807) is 0 Å². The lowest BCUT2D eigenvalue weighted by atomic mass is 10.0. The number of hydrogen-bond donors (Lipinski definition) is 2. The van der Waals surface area contributed by atoms with E-state index in [4.69, 9.17) is 0 Å². The topological polar surface area (TPSA) is 12.1 Å². The second-order valence-electron chi connectivity index (χ2n) is 7.99. The molecular formula is C23H33N3+2. The van der Waals surface area contributed by atoms with E-state index in [1.807, 2.05) is 9.80 Å². The average Bonchev–Trinajstić information content (AvgIpc) is 2.74. The Hall–Kier alpha value is -1.84. The summed E-state index contributed by atoms with van der Waals surface area (Å²) < 4.78 is 0. The zero-order valence-electron chi connectivity index (χ0n) is 15.9. The summed E-state index contributed by atoms with van der Waals surface area (Å²) in [6.07, 6.45) is 4.04. The van der Waals surface area contributed by atoms with Crippen LogP contribution in [0, 0.1) is 0 Å². The number of para-hydroxylation sites is 1. The van der Waals surface area contributed by atoms with E-state index in [9.17, 15) is 0 Å². The minimum atomic E-state index is 0.897. The Labute approximate surface area is 158 Å². The highest BCUT2D eigenvalue weighted by molar-refractivity contribution is 5.46. The molecule has 2 saturated heterocycles. The van der Waals surface area contributed by atoms with Gasteiger partial charge in [-0.25, -0.2) is 0 Å². The van der Waals surface area contributed by atoms with Gasteiger partial charge in [-0.3, -0.25) is 0 Å². The summed E-state index contributed by atoms with van der Waals surface area (Å²) >= 11 is 0. The van der Waals surface area contributed by atoms with Gasteiger partial charge in [0.05, 0.1) is 51.9 Å². The molecule has 3 heteroatoms. The molecule has 2 aromatic rings. The maximum atomic E-state index is 2.56. The number of benzene rings is 2. The van der Waals surface area contributed by atoms with Gasteiger partial charge in [0.15, 0.2) is 0 Å². The maximum Gasteiger partial charge on any atom is 0.0984 e. The van der Waals surface area contributed by atoms with Gasteiger partial charge in [0.2, 0.25) is 0 Å². The Balaban J connectivity index is 1.19. The Morgan fingerprint density at radius 2 is 1.38 bits per heavy atom. The van der Waals surface area contributed by atoms with Crippen molar-refractivity contribution in [2.24, 2.45) is 0 Å². The predicted molar refractivity (Wildman–Crippen MR) is 108 cm³/mol. The fourth-order valence-corrected chi connectivity index (χ4v) is 4.75. The number of quaternary nitrogens is 2. The molecule has 0 amide bonds. The fraction of sp³-hybridized carbons (Fsp3) is 0.478. The van der Waals surface area contributed by atoms with Crippen LogP contribution < -0.4 is 14.7 Å². The molecule has 26 heavy (non-hydrogen) atoms. The van der Waals surface area contributed by atoms with Gasteiger partial charge < -0.3 is 14.7 Å². The SMILES string of the molecule is c1ccc(CC[NH+]2CCC([NH+]3CCN(c4ccccc4)CC3)CC2)cc1. The molecule has 0 aromatic heterocycles. The number of rotatable bonds is 5. The molecule has 138 valence electrons. The van der Waals surface area contributed by atoms with Crippen molar-refractivity contribution in [2.45, 2.75) is 25.3 Å². The van der Waals surface area contributed by atoms with Crippen LogP contribution in [-0.4, -0.2) is 51.9 Å². The van der Waals surface area contributed by atoms with Crippen LogP contribution >= 0.6 is 0 Å². The molecule has 2 aromatic carbocycles. The van der Waals surface area contributed by atoms with Gasteiger partial charge in [-0.15, -0.1) is 0 Å². The lowest BCUT2D eigenvalue weighted by molar-refractivity contribution is -0.958. The van der Waals surface area contributed by atoms with Crippen molar-refractivity contribution >= 4 is 5.69 Å². The summed E-state index contributed by atoms with van der Waals surface area (Å²) in [7, 11) is 0. The molecule has 2 N–H and O–H groups in total. The van der Waals surface area contributed by atoms with Crippen LogP contribution in [0.1, 0.15) is 18.4 Å². The molecule has 0 unspecified atom stereocenters. The van der Waals surface area contributed by atoms with Crippen LogP contribution in [0.4, 0.5) is 5.69 Å². The first-order chi connectivity index (χ1) is 12.9. The quantitative estimate of drug-likeness (QED) is 0.808. The fourth-order valence-electron chi connectivity index (χ4n) is 4.75. The molecule has 3 nitrogen and oxygen atoms in total. The van der Waals surface area contributed by atoms with Gasteiger partial charge >= 0.3 is 0 Å².